The SMILES string of the molecule is CC(C)(C)C(=O)OCC1[C@@H]2CCC(C2)CN1C(=O)CC(F)(F)F.CC(C)(C)OC(N)=O. The Morgan fingerprint density at radius 3 is 2.03 bits per heavy atom. The van der Waals surface area contributed by atoms with Crippen molar-refractivity contribution < 1.29 is 37.0 Å². The van der Waals surface area contributed by atoms with Crippen molar-refractivity contribution in [2.75, 3.05) is 13.2 Å². The zero-order chi connectivity index (χ0) is 24.2. The van der Waals surface area contributed by atoms with Crippen LogP contribution in [-0.2, 0) is 19.1 Å². The summed E-state index contributed by atoms with van der Waals surface area (Å²) in [5.41, 5.74) is 3.59. The minimum Gasteiger partial charge on any atom is -0.463 e. The van der Waals surface area contributed by atoms with Crippen molar-refractivity contribution in [1.82, 2.24) is 4.90 Å². The zero-order valence-electron chi connectivity index (χ0n) is 19.2. The van der Waals surface area contributed by atoms with Gasteiger partial charge in [0.2, 0.25) is 5.91 Å². The molecule has 2 aliphatic rings. The molecule has 1 aliphatic heterocycles. The van der Waals surface area contributed by atoms with Crippen LogP contribution in [0.15, 0.2) is 0 Å². The molecule has 1 saturated carbocycles. The maximum Gasteiger partial charge on any atom is 0.405 e. The van der Waals surface area contributed by atoms with E-state index in [0.717, 1.165) is 19.3 Å². The number of piperidine rings is 1. The van der Waals surface area contributed by atoms with Crippen LogP contribution >= 0.6 is 0 Å². The van der Waals surface area contributed by atoms with Crippen molar-refractivity contribution in [2.24, 2.45) is 23.0 Å². The molecular formula is C21H35F3N2O5. The molecule has 0 aromatic rings. The van der Waals surface area contributed by atoms with E-state index >= 15 is 0 Å². The van der Waals surface area contributed by atoms with Gasteiger partial charge < -0.3 is 20.1 Å². The molecule has 2 amide bonds. The number of carbonyl (C=O) groups excluding carboxylic acids is 3. The molecule has 31 heavy (non-hydrogen) atoms. The van der Waals surface area contributed by atoms with E-state index in [1.165, 1.54) is 4.90 Å². The molecule has 180 valence electrons. The lowest BCUT2D eigenvalue weighted by molar-refractivity contribution is -0.170. The molecule has 1 heterocycles. The second-order valence-electron chi connectivity index (χ2n) is 10.2. The van der Waals surface area contributed by atoms with Gasteiger partial charge in [0.1, 0.15) is 18.6 Å². The molecule has 0 aromatic heterocycles. The number of esters is 1. The van der Waals surface area contributed by atoms with Gasteiger partial charge in [-0.3, -0.25) is 9.59 Å². The molecule has 10 heteroatoms. The number of likely N-dealkylation sites (tertiary alicyclic amines) is 1. The lowest BCUT2D eigenvalue weighted by Crippen LogP contribution is -2.52. The first kappa shape index (κ1) is 27.0. The fourth-order valence-corrected chi connectivity index (χ4v) is 3.76. The van der Waals surface area contributed by atoms with E-state index in [9.17, 15) is 27.6 Å². The second kappa shape index (κ2) is 10.1. The van der Waals surface area contributed by atoms with E-state index < -0.39 is 47.6 Å². The Hall–Kier alpha value is -2.00. The van der Waals surface area contributed by atoms with Gasteiger partial charge in [0.15, 0.2) is 0 Å². The Morgan fingerprint density at radius 1 is 1.03 bits per heavy atom. The van der Waals surface area contributed by atoms with E-state index in [1.54, 1.807) is 41.5 Å². The highest BCUT2D eigenvalue weighted by Gasteiger charge is 2.45. The first-order valence-corrected chi connectivity index (χ1v) is 10.4. The van der Waals surface area contributed by atoms with Crippen molar-refractivity contribution in [3.05, 3.63) is 0 Å². The van der Waals surface area contributed by atoms with Crippen LogP contribution in [0.1, 0.15) is 67.2 Å². The molecule has 3 atom stereocenters. The summed E-state index contributed by atoms with van der Waals surface area (Å²) in [7, 11) is 0. The monoisotopic (exact) mass is 452 g/mol. The quantitative estimate of drug-likeness (QED) is 0.652. The molecule has 2 rings (SSSR count). The topological polar surface area (TPSA) is 98.9 Å². The first-order valence-electron chi connectivity index (χ1n) is 10.4. The van der Waals surface area contributed by atoms with Gasteiger partial charge in [0.05, 0.1) is 11.5 Å². The Kier molecular flexibility index (Phi) is 8.79. The molecule has 2 fully saturated rings. The average molecular weight is 453 g/mol. The summed E-state index contributed by atoms with van der Waals surface area (Å²) in [4.78, 5) is 35.3. The van der Waals surface area contributed by atoms with Gasteiger partial charge in [0, 0.05) is 6.54 Å². The number of hydrogen-bond donors (Lipinski definition) is 1. The number of nitrogens with zero attached hydrogens (tertiary/aromatic N) is 1. The average Bonchev–Trinajstić information content (AvgIpc) is 2.91. The van der Waals surface area contributed by atoms with Crippen LogP contribution in [0.4, 0.5) is 18.0 Å². The lowest BCUT2D eigenvalue weighted by atomic mass is 9.90. The normalized spacial score (nSPS) is 23.5. The van der Waals surface area contributed by atoms with Crippen LogP contribution in [0, 0.1) is 17.3 Å². The molecular weight excluding hydrogens is 417 g/mol. The van der Waals surface area contributed by atoms with Crippen LogP contribution in [-0.4, -0.2) is 53.8 Å². The predicted octanol–water partition coefficient (Wildman–Crippen LogP) is 4.04. The molecule has 0 spiro atoms. The van der Waals surface area contributed by atoms with Crippen LogP contribution in [0.2, 0.25) is 0 Å². The fourth-order valence-electron chi connectivity index (χ4n) is 3.76. The van der Waals surface area contributed by atoms with Crippen LogP contribution < -0.4 is 5.73 Å². The summed E-state index contributed by atoms with van der Waals surface area (Å²) in [5.74, 6) is -0.919. The number of alkyl halides is 3. The number of nitrogens with two attached hydrogens (primary N) is 1. The number of halogens is 3. The Balaban J connectivity index is 0.000000512. The Bertz CT molecular complexity index is 653. The lowest BCUT2D eigenvalue weighted by Gasteiger charge is -2.40. The number of primary amides is 1. The van der Waals surface area contributed by atoms with Crippen molar-refractivity contribution in [3.8, 4) is 0 Å². The summed E-state index contributed by atoms with van der Waals surface area (Å²) in [6, 6.07) is -0.435. The van der Waals surface area contributed by atoms with Crippen LogP contribution in [0.5, 0.6) is 0 Å². The van der Waals surface area contributed by atoms with E-state index in [-0.39, 0.29) is 18.4 Å². The third kappa shape index (κ3) is 9.78. The van der Waals surface area contributed by atoms with Gasteiger partial charge in [0.25, 0.3) is 0 Å². The highest BCUT2D eigenvalue weighted by Crippen LogP contribution is 2.41. The maximum atomic E-state index is 12.5. The molecule has 0 radical (unpaired) electrons. The number of fused-ring (bicyclic) bond motifs is 2. The highest BCUT2D eigenvalue weighted by molar-refractivity contribution is 5.78. The molecule has 1 saturated heterocycles. The van der Waals surface area contributed by atoms with Gasteiger partial charge in [-0.25, -0.2) is 4.79 Å². The predicted molar refractivity (Wildman–Crippen MR) is 108 cm³/mol. The fraction of sp³-hybridized carbons (Fsp3) is 0.857. The highest BCUT2D eigenvalue weighted by atomic mass is 19.4. The molecule has 2 bridgehead atoms. The second-order valence-corrected chi connectivity index (χ2v) is 10.2. The molecule has 1 aliphatic carbocycles. The minimum atomic E-state index is -4.51. The van der Waals surface area contributed by atoms with Crippen molar-refractivity contribution in [1.29, 1.82) is 0 Å². The third-order valence-corrected chi connectivity index (χ3v) is 5.06. The van der Waals surface area contributed by atoms with Gasteiger partial charge >= 0.3 is 18.2 Å². The number of amides is 2. The standard InChI is InChI=1S/C16H24F3NO3.C5H11NO2/c1-15(2,3)14(22)23-9-12-11-5-4-10(6-11)8-20(12)13(21)7-16(17,18)19;1-5(2,3)8-4(6)7/h10-12H,4-9H2,1-3H3;1-3H3,(H2,6,7)/t10?,11-,12?;/m1./s1. The minimum absolute atomic E-state index is 0.0168. The van der Waals surface area contributed by atoms with Crippen molar-refractivity contribution >= 4 is 18.0 Å². The number of rotatable bonds is 3. The summed E-state index contributed by atoms with van der Waals surface area (Å²) in [6.45, 7) is 10.8. The van der Waals surface area contributed by atoms with Gasteiger partial charge in [-0.15, -0.1) is 0 Å². The maximum absolute atomic E-state index is 12.5. The number of hydrogen-bond acceptors (Lipinski definition) is 5. The van der Waals surface area contributed by atoms with Crippen molar-refractivity contribution in [2.45, 2.75) is 85.0 Å². The van der Waals surface area contributed by atoms with E-state index in [1.807, 2.05) is 0 Å². The molecule has 7 nitrogen and oxygen atoms in total. The molecule has 0 aromatic carbocycles. The number of carbonyl (C=O) groups is 3. The smallest absolute Gasteiger partial charge is 0.405 e. The van der Waals surface area contributed by atoms with E-state index in [2.05, 4.69) is 4.74 Å². The Morgan fingerprint density at radius 2 is 1.61 bits per heavy atom. The summed E-state index contributed by atoms with van der Waals surface area (Å²) >= 11 is 0. The van der Waals surface area contributed by atoms with Crippen LogP contribution in [0.25, 0.3) is 0 Å². The van der Waals surface area contributed by atoms with Gasteiger partial charge in [-0.1, -0.05) is 0 Å². The van der Waals surface area contributed by atoms with Gasteiger partial charge in [-0.05, 0) is 72.6 Å². The summed E-state index contributed by atoms with van der Waals surface area (Å²) in [5, 5.41) is 0. The van der Waals surface area contributed by atoms with E-state index in [4.69, 9.17) is 10.5 Å². The van der Waals surface area contributed by atoms with Crippen LogP contribution in [0.3, 0.4) is 0 Å². The largest absolute Gasteiger partial charge is 0.463 e. The zero-order valence-corrected chi connectivity index (χ0v) is 19.2. The number of ether oxygens (including phenoxy) is 2. The third-order valence-electron chi connectivity index (χ3n) is 5.06. The van der Waals surface area contributed by atoms with E-state index in [0.29, 0.717) is 6.54 Å². The summed E-state index contributed by atoms with van der Waals surface area (Å²) < 4.78 is 47.5. The van der Waals surface area contributed by atoms with Gasteiger partial charge in [-0.2, -0.15) is 13.2 Å². The van der Waals surface area contributed by atoms with Crippen molar-refractivity contribution in [3.63, 3.8) is 0 Å². The molecule has 2 N–H and O–H groups in total. The molecule has 2 unspecified atom stereocenters. The Labute approximate surface area is 181 Å². The summed E-state index contributed by atoms with van der Waals surface area (Å²) in [6.07, 6.45) is -4.00. The first-order chi connectivity index (χ1) is 13.9.